The zero-order valence-corrected chi connectivity index (χ0v) is 12.1. The molecule has 0 heterocycles. The van der Waals surface area contributed by atoms with Crippen molar-refractivity contribution in [2.24, 2.45) is 0 Å². The summed E-state index contributed by atoms with van der Waals surface area (Å²) < 4.78 is 4.56. The Labute approximate surface area is 119 Å². The largest absolute Gasteiger partial charge is 0.187 e. The van der Waals surface area contributed by atoms with Crippen LogP contribution in [0.15, 0.2) is 0 Å². The van der Waals surface area contributed by atoms with Crippen LogP contribution in [0.2, 0.25) is 14.2 Å². The minimum Gasteiger partial charge on any atom is -0.147 e. The summed E-state index contributed by atoms with van der Waals surface area (Å²) in [6, 6.07) is 0. The van der Waals surface area contributed by atoms with Crippen LogP contribution < -0.4 is 0 Å². The molecular formula is C6H22AlCl4Ti. The molecule has 0 aromatic carbocycles. The Balaban J connectivity index is -0.0000000180. The molecule has 0 aliphatic heterocycles. The molecule has 12 heavy (non-hydrogen) atoms. The van der Waals surface area contributed by atoms with Gasteiger partial charge in [0, 0.05) is 0 Å². The predicted molar refractivity (Wildman–Crippen MR) is 70.4 cm³/mol. The Morgan fingerprint density at radius 2 is 0.833 bits per heavy atom. The summed E-state index contributed by atoms with van der Waals surface area (Å²) >= 11 is -0.403. The fourth-order valence-corrected chi connectivity index (χ4v) is 3.09. The van der Waals surface area contributed by atoms with Crippen molar-refractivity contribution in [1.29, 1.82) is 0 Å². The van der Waals surface area contributed by atoms with Gasteiger partial charge in [0.1, 0.15) is 0 Å². The van der Waals surface area contributed by atoms with Crippen molar-refractivity contribution in [3.63, 3.8) is 0 Å². The van der Waals surface area contributed by atoms with Crippen LogP contribution in [0.5, 0.6) is 0 Å². The van der Waals surface area contributed by atoms with Crippen LogP contribution in [0.25, 0.3) is 0 Å². The maximum absolute atomic E-state index is 2.34. The van der Waals surface area contributed by atoms with E-state index < -0.39 is 17.9 Å². The average Bonchev–Trinajstić information content (AvgIpc) is 1.72. The zero-order valence-electron chi connectivity index (χ0n) is 7.25. The third kappa shape index (κ3) is 22.8. The monoisotopic (exact) mass is 309 g/mol. The van der Waals surface area contributed by atoms with Crippen LogP contribution in [-0.4, -0.2) is 17.4 Å². The second-order valence-electron chi connectivity index (χ2n) is 1.81. The molecule has 0 radical (unpaired) electrons. The van der Waals surface area contributed by atoms with E-state index in [9.17, 15) is 0 Å². The summed E-state index contributed by atoms with van der Waals surface area (Å²) in [5.41, 5.74) is 0. The van der Waals surface area contributed by atoms with Gasteiger partial charge < -0.3 is 0 Å². The van der Waals surface area contributed by atoms with Crippen molar-refractivity contribution in [3.8, 4) is 0 Å². The molecule has 0 spiro atoms. The van der Waals surface area contributed by atoms with E-state index in [0.717, 1.165) is 0 Å². The van der Waals surface area contributed by atoms with Crippen LogP contribution >= 0.6 is 49.6 Å². The molecule has 0 aliphatic carbocycles. The molecule has 0 unspecified atom stereocenters. The number of hydrogen-bond acceptors (Lipinski definition) is 0. The first-order chi connectivity index (χ1) is 3.35. The molecule has 0 fully saturated rings. The molecule has 0 N–H and O–H groups in total. The molecule has 0 bridgehead atoms. The first kappa shape index (κ1) is 36.6. The quantitative estimate of drug-likeness (QED) is 0.701. The summed E-state index contributed by atoms with van der Waals surface area (Å²) in [5.74, 6) is 0. The first-order valence-electron chi connectivity index (χ1n) is 3.18. The summed E-state index contributed by atoms with van der Waals surface area (Å²) in [4.78, 5) is 0. The van der Waals surface area contributed by atoms with Gasteiger partial charge >= 0.3 is 52.8 Å². The van der Waals surface area contributed by atoms with E-state index in [0.29, 0.717) is 0 Å². The minimum absolute atomic E-state index is 0. The minimum atomic E-state index is -0.403. The Morgan fingerprint density at radius 3 is 0.833 bits per heavy atom. The Hall–Kier alpha value is 2.41. The SMILES string of the molecule is C[CH2][Ti]([CH2]C)[CH2]C.Cl.Cl.Cl.Cl.[AlH3]. The number of rotatable bonds is 3. The van der Waals surface area contributed by atoms with Gasteiger partial charge in [0.15, 0.2) is 17.4 Å². The van der Waals surface area contributed by atoms with Crippen molar-refractivity contribution >= 4 is 67.0 Å². The molecule has 0 aromatic heterocycles. The number of hydrogen-bond donors (Lipinski definition) is 0. The van der Waals surface area contributed by atoms with Gasteiger partial charge in [0.25, 0.3) is 0 Å². The molecule has 0 saturated heterocycles. The van der Waals surface area contributed by atoms with Crippen molar-refractivity contribution in [2.45, 2.75) is 34.9 Å². The van der Waals surface area contributed by atoms with E-state index in [1.807, 2.05) is 0 Å². The van der Waals surface area contributed by atoms with E-state index in [2.05, 4.69) is 20.8 Å². The predicted octanol–water partition coefficient (Wildman–Crippen LogP) is 3.42. The van der Waals surface area contributed by atoms with Gasteiger partial charge in [-0.25, -0.2) is 0 Å². The van der Waals surface area contributed by atoms with Crippen molar-refractivity contribution in [3.05, 3.63) is 0 Å². The summed E-state index contributed by atoms with van der Waals surface area (Å²) in [7, 11) is 0. The summed E-state index contributed by atoms with van der Waals surface area (Å²) in [6.07, 6.45) is 0. The second-order valence-corrected chi connectivity index (χ2v) is 7.47. The molecule has 0 amide bonds. The maximum atomic E-state index is 2.34. The molecule has 6 heteroatoms. The third-order valence-electron chi connectivity index (χ3n) is 1.50. The smallest absolute Gasteiger partial charge is 0.147 e. The summed E-state index contributed by atoms with van der Waals surface area (Å²) in [5, 5.41) is 0. The van der Waals surface area contributed by atoms with Crippen molar-refractivity contribution in [2.75, 3.05) is 0 Å². The Bertz CT molecular complexity index is 41.0. The van der Waals surface area contributed by atoms with Crippen LogP contribution in [0, 0.1) is 0 Å². The van der Waals surface area contributed by atoms with Crippen LogP contribution in [-0.2, 0) is 17.9 Å². The van der Waals surface area contributed by atoms with Gasteiger partial charge in [0.05, 0.1) is 0 Å². The van der Waals surface area contributed by atoms with E-state index in [4.69, 9.17) is 0 Å². The third-order valence-corrected chi connectivity index (χ3v) is 6.18. The zero-order chi connectivity index (χ0) is 5.70. The molecule has 0 aliphatic rings. The molecule has 81 valence electrons. The molecule has 0 aromatic rings. The fraction of sp³-hybridized carbons (Fsp3) is 1.00. The molecule has 0 saturated carbocycles. The molecule has 0 atom stereocenters. The van der Waals surface area contributed by atoms with E-state index in [-0.39, 0.29) is 67.0 Å². The van der Waals surface area contributed by atoms with Gasteiger partial charge in [-0.15, -0.1) is 49.6 Å². The second kappa shape index (κ2) is 29.2. The fourth-order valence-electron chi connectivity index (χ4n) is 0.750. The summed E-state index contributed by atoms with van der Waals surface area (Å²) in [6.45, 7) is 7.01. The van der Waals surface area contributed by atoms with Gasteiger partial charge in [-0.2, -0.15) is 0 Å². The molecule has 0 nitrogen and oxygen atoms in total. The van der Waals surface area contributed by atoms with Crippen LogP contribution in [0.4, 0.5) is 0 Å². The van der Waals surface area contributed by atoms with Crippen molar-refractivity contribution < 1.29 is 17.9 Å². The molecule has 0 rings (SSSR count). The van der Waals surface area contributed by atoms with Gasteiger partial charge in [0.2, 0.25) is 0 Å². The van der Waals surface area contributed by atoms with Crippen LogP contribution in [0.3, 0.4) is 0 Å². The van der Waals surface area contributed by atoms with Gasteiger partial charge in [-0.05, 0) is 0 Å². The van der Waals surface area contributed by atoms with E-state index in [1.54, 1.807) is 0 Å². The normalized spacial score (nSPS) is 5.25. The average molecular weight is 311 g/mol. The van der Waals surface area contributed by atoms with Gasteiger partial charge in [-0.3, -0.25) is 0 Å². The topological polar surface area (TPSA) is 0 Å². The Kier molecular flexibility index (Phi) is 89.2. The molecular weight excluding hydrogens is 289 g/mol. The van der Waals surface area contributed by atoms with E-state index >= 15 is 0 Å². The first-order valence-corrected chi connectivity index (χ1v) is 6.49. The number of halogens is 4. The van der Waals surface area contributed by atoms with Gasteiger partial charge in [-0.1, -0.05) is 0 Å². The Morgan fingerprint density at radius 1 is 0.667 bits per heavy atom. The van der Waals surface area contributed by atoms with Crippen molar-refractivity contribution in [1.82, 2.24) is 0 Å². The van der Waals surface area contributed by atoms with E-state index in [1.165, 1.54) is 14.2 Å². The maximum Gasteiger partial charge on any atom is 0.187 e. The standard InChI is InChI=1S/3C2H5.Al.4ClH.Ti.3H/c3*1-2;;;;;;;;;/h3*1H2,2H3;;4*1H;;;;. The van der Waals surface area contributed by atoms with Crippen LogP contribution in [0.1, 0.15) is 20.8 Å².